The summed E-state index contributed by atoms with van der Waals surface area (Å²) in [5.41, 5.74) is -0.00934. The standard InChI is InChI=1S/C25H38O5/c1-4-15-25(16-10-17-25)23(27)13-9-12-20-19(21(26)18-22(20)29-2)11-7-5-6-8-14-24(28)30-3/h4-5,7,9,12,19-20,22-23,27H,1,6,8,10-11,13-18H2,2-3H3/b7-5-,12-9+/t19-,20-,22-,23?/m1/s1. The van der Waals surface area contributed by atoms with Crippen LogP contribution in [0.25, 0.3) is 0 Å². The Labute approximate surface area is 181 Å². The second kappa shape index (κ2) is 12.2. The number of ketones is 1. The predicted molar refractivity (Wildman–Crippen MR) is 118 cm³/mol. The molecule has 30 heavy (non-hydrogen) atoms. The smallest absolute Gasteiger partial charge is 0.305 e. The number of aliphatic hydroxyl groups excluding tert-OH is 1. The first-order valence-electron chi connectivity index (χ1n) is 11.2. The Morgan fingerprint density at radius 3 is 2.67 bits per heavy atom. The SMILES string of the molecule is C=CCC1(C(O)C/C=C/[C@H]2[C@H](OC)CC(=O)[C@@H]2C/C=C\CCCC(=O)OC)CCC1. The largest absolute Gasteiger partial charge is 0.469 e. The zero-order chi connectivity index (χ0) is 22.0. The van der Waals surface area contributed by atoms with Gasteiger partial charge in [-0.25, -0.2) is 0 Å². The number of hydrogen-bond donors (Lipinski definition) is 1. The van der Waals surface area contributed by atoms with Crippen molar-refractivity contribution in [2.75, 3.05) is 14.2 Å². The molecule has 2 saturated carbocycles. The van der Waals surface area contributed by atoms with Crippen LogP contribution in [0.4, 0.5) is 0 Å². The molecule has 168 valence electrons. The highest BCUT2D eigenvalue weighted by Gasteiger charge is 2.42. The molecule has 2 aliphatic carbocycles. The Kier molecular flexibility index (Phi) is 9.99. The van der Waals surface area contributed by atoms with Crippen molar-refractivity contribution in [3.8, 4) is 0 Å². The van der Waals surface area contributed by atoms with Gasteiger partial charge in [-0.05, 0) is 44.9 Å². The Balaban J connectivity index is 1.89. The van der Waals surface area contributed by atoms with Crippen molar-refractivity contribution in [2.45, 2.75) is 76.4 Å². The summed E-state index contributed by atoms with van der Waals surface area (Å²) in [6, 6.07) is 0. The molecular formula is C25H38O5. The normalized spacial score (nSPS) is 26.8. The van der Waals surface area contributed by atoms with Gasteiger partial charge < -0.3 is 14.6 Å². The molecule has 1 N–H and O–H groups in total. The van der Waals surface area contributed by atoms with E-state index in [0.717, 1.165) is 32.1 Å². The van der Waals surface area contributed by atoms with E-state index in [4.69, 9.17) is 4.74 Å². The van der Waals surface area contributed by atoms with Crippen LogP contribution in [0.1, 0.15) is 64.2 Å². The quantitative estimate of drug-likeness (QED) is 0.270. The molecule has 5 nitrogen and oxygen atoms in total. The number of carbonyl (C=O) groups excluding carboxylic acids is 2. The lowest BCUT2D eigenvalue weighted by Gasteiger charge is -2.45. The van der Waals surface area contributed by atoms with Crippen LogP contribution in [-0.4, -0.2) is 43.3 Å². The lowest BCUT2D eigenvalue weighted by molar-refractivity contribution is -0.140. The topological polar surface area (TPSA) is 72.8 Å². The number of carbonyl (C=O) groups is 2. The number of Topliss-reactive ketones (excluding diaryl/α,β-unsaturated/α-hetero) is 1. The minimum atomic E-state index is -0.369. The zero-order valence-corrected chi connectivity index (χ0v) is 18.6. The molecule has 0 amide bonds. The van der Waals surface area contributed by atoms with Crippen molar-refractivity contribution in [2.24, 2.45) is 17.3 Å². The van der Waals surface area contributed by atoms with Crippen molar-refractivity contribution >= 4 is 11.8 Å². The summed E-state index contributed by atoms with van der Waals surface area (Å²) in [5, 5.41) is 10.7. The molecule has 0 bridgehead atoms. The highest BCUT2D eigenvalue weighted by Crippen LogP contribution is 2.48. The molecule has 2 rings (SSSR count). The molecule has 0 spiro atoms. The summed E-state index contributed by atoms with van der Waals surface area (Å²) in [4.78, 5) is 23.7. The number of allylic oxidation sites excluding steroid dienone is 3. The van der Waals surface area contributed by atoms with E-state index in [1.165, 1.54) is 13.5 Å². The maximum Gasteiger partial charge on any atom is 0.305 e. The molecular weight excluding hydrogens is 380 g/mol. The summed E-state index contributed by atoms with van der Waals surface area (Å²) < 4.78 is 10.2. The molecule has 0 saturated heterocycles. The molecule has 4 atom stereocenters. The molecule has 2 fully saturated rings. The summed E-state index contributed by atoms with van der Waals surface area (Å²) in [7, 11) is 3.06. The van der Waals surface area contributed by atoms with Crippen LogP contribution in [0.2, 0.25) is 0 Å². The minimum absolute atomic E-state index is 0.00934. The molecule has 0 aliphatic heterocycles. The number of methoxy groups -OCH3 is 2. The maximum atomic E-state index is 12.5. The van der Waals surface area contributed by atoms with E-state index >= 15 is 0 Å². The van der Waals surface area contributed by atoms with E-state index in [9.17, 15) is 14.7 Å². The van der Waals surface area contributed by atoms with Gasteiger partial charge in [-0.15, -0.1) is 6.58 Å². The third kappa shape index (κ3) is 6.39. The average molecular weight is 419 g/mol. The summed E-state index contributed by atoms with van der Waals surface area (Å²) >= 11 is 0. The number of hydrogen-bond acceptors (Lipinski definition) is 5. The fourth-order valence-corrected chi connectivity index (χ4v) is 4.78. The molecule has 1 unspecified atom stereocenters. The van der Waals surface area contributed by atoms with Crippen molar-refractivity contribution in [3.05, 3.63) is 37.0 Å². The maximum absolute atomic E-state index is 12.5. The Hall–Kier alpha value is -1.72. The number of unbranched alkanes of at least 4 members (excludes halogenated alkanes) is 1. The molecule has 0 radical (unpaired) electrons. The van der Waals surface area contributed by atoms with E-state index in [2.05, 4.69) is 17.4 Å². The van der Waals surface area contributed by atoms with Crippen molar-refractivity contribution in [1.82, 2.24) is 0 Å². The van der Waals surface area contributed by atoms with Gasteiger partial charge in [0.05, 0.1) is 19.3 Å². The lowest BCUT2D eigenvalue weighted by Crippen LogP contribution is -2.40. The monoisotopic (exact) mass is 418 g/mol. The number of esters is 1. The predicted octanol–water partition coefficient (Wildman–Crippen LogP) is 4.55. The Bertz CT molecular complexity index is 631. The summed E-state index contributed by atoms with van der Waals surface area (Å²) in [5.74, 6) is -0.0166. The third-order valence-electron chi connectivity index (χ3n) is 6.87. The fourth-order valence-electron chi connectivity index (χ4n) is 4.78. The highest BCUT2D eigenvalue weighted by atomic mass is 16.5. The number of aliphatic hydroxyl groups is 1. The Morgan fingerprint density at radius 2 is 2.07 bits per heavy atom. The summed E-state index contributed by atoms with van der Waals surface area (Å²) in [6.45, 7) is 3.84. The van der Waals surface area contributed by atoms with E-state index in [0.29, 0.717) is 25.7 Å². The molecule has 0 aromatic heterocycles. The first kappa shape index (κ1) is 24.5. The molecule has 5 heteroatoms. The molecule has 2 aliphatic rings. The average Bonchev–Trinajstić information content (AvgIpc) is 3.01. The van der Waals surface area contributed by atoms with E-state index in [1.54, 1.807) is 7.11 Å². The van der Waals surface area contributed by atoms with Gasteiger partial charge in [0.15, 0.2) is 0 Å². The second-order valence-corrected chi connectivity index (χ2v) is 8.69. The minimum Gasteiger partial charge on any atom is -0.469 e. The van der Waals surface area contributed by atoms with Gasteiger partial charge in [-0.2, -0.15) is 0 Å². The van der Waals surface area contributed by atoms with Gasteiger partial charge in [0, 0.05) is 37.2 Å². The summed E-state index contributed by atoms with van der Waals surface area (Å²) in [6.07, 6.45) is 17.5. The van der Waals surface area contributed by atoms with Gasteiger partial charge in [-0.1, -0.05) is 36.8 Å². The number of ether oxygens (including phenoxy) is 2. The van der Waals surface area contributed by atoms with Crippen molar-refractivity contribution < 1.29 is 24.2 Å². The van der Waals surface area contributed by atoms with Gasteiger partial charge >= 0.3 is 5.97 Å². The fraction of sp³-hybridized carbons (Fsp3) is 0.680. The van der Waals surface area contributed by atoms with E-state index < -0.39 is 0 Å². The second-order valence-electron chi connectivity index (χ2n) is 8.69. The Morgan fingerprint density at radius 1 is 1.30 bits per heavy atom. The molecule has 0 aromatic carbocycles. The lowest BCUT2D eigenvalue weighted by atomic mass is 9.62. The zero-order valence-electron chi connectivity index (χ0n) is 18.6. The highest BCUT2D eigenvalue weighted by molar-refractivity contribution is 5.84. The van der Waals surface area contributed by atoms with Crippen molar-refractivity contribution in [3.63, 3.8) is 0 Å². The molecule has 0 heterocycles. The van der Waals surface area contributed by atoms with Gasteiger partial charge in [-0.3, -0.25) is 9.59 Å². The van der Waals surface area contributed by atoms with Gasteiger partial charge in [0.2, 0.25) is 0 Å². The van der Waals surface area contributed by atoms with Crippen LogP contribution in [0.5, 0.6) is 0 Å². The van der Waals surface area contributed by atoms with E-state index in [1.807, 2.05) is 24.3 Å². The van der Waals surface area contributed by atoms with E-state index in [-0.39, 0.29) is 41.2 Å². The third-order valence-corrected chi connectivity index (χ3v) is 6.87. The van der Waals surface area contributed by atoms with Crippen molar-refractivity contribution in [1.29, 1.82) is 0 Å². The van der Waals surface area contributed by atoms with Crippen LogP contribution in [0.15, 0.2) is 37.0 Å². The molecule has 0 aromatic rings. The van der Waals surface area contributed by atoms with Gasteiger partial charge in [0.1, 0.15) is 5.78 Å². The first-order chi connectivity index (χ1) is 14.5. The van der Waals surface area contributed by atoms with Crippen LogP contribution in [-0.2, 0) is 19.1 Å². The van der Waals surface area contributed by atoms with Gasteiger partial charge in [0.25, 0.3) is 0 Å². The van der Waals surface area contributed by atoms with Crippen LogP contribution >= 0.6 is 0 Å². The van der Waals surface area contributed by atoms with Crippen LogP contribution < -0.4 is 0 Å². The van der Waals surface area contributed by atoms with Crippen LogP contribution in [0, 0.1) is 17.3 Å². The first-order valence-corrected chi connectivity index (χ1v) is 11.2. The number of rotatable bonds is 13. The van der Waals surface area contributed by atoms with Crippen LogP contribution in [0.3, 0.4) is 0 Å².